The molecule has 0 spiro atoms. The number of aryl methyl sites for hydroxylation is 1. The fraction of sp³-hybridized carbons (Fsp3) is 0.423. The van der Waals surface area contributed by atoms with Crippen molar-refractivity contribution in [2.75, 3.05) is 19.7 Å². The number of benzene rings is 2. The summed E-state index contributed by atoms with van der Waals surface area (Å²) in [6, 6.07) is 13.4. The van der Waals surface area contributed by atoms with E-state index in [2.05, 4.69) is 33.5 Å². The van der Waals surface area contributed by atoms with Crippen molar-refractivity contribution in [2.24, 2.45) is 5.92 Å². The number of hydrogen-bond donors (Lipinski definition) is 3. The second-order valence-corrected chi connectivity index (χ2v) is 9.21. The Morgan fingerprint density at radius 2 is 2.06 bits per heavy atom. The molecule has 3 atom stereocenters. The third-order valence-corrected chi connectivity index (χ3v) is 6.97. The molecule has 1 saturated heterocycles. The summed E-state index contributed by atoms with van der Waals surface area (Å²) in [5.41, 5.74) is 4.28. The lowest BCUT2D eigenvalue weighted by Crippen LogP contribution is -2.55. The van der Waals surface area contributed by atoms with Crippen LogP contribution in [0.3, 0.4) is 0 Å². The van der Waals surface area contributed by atoms with E-state index in [9.17, 15) is 14.7 Å². The topological polar surface area (TPSA) is 108 Å². The molecular weight excluding hydrogens is 432 g/mol. The van der Waals surface area contributed by atoms with Crippen molar-refractivity contribution in [1.82, 2.24) is 20.2 Å². The molecule has 3 unspecified atom stereocenters. The molecule has 5 rings (SSSR count). The van der Waals surface area contributed by atoms with Crippen molar-refractivity contribution in [1.29, 1.82) is 0 Å². The molecule has 1 aliphatic heterocycles. The molecule has 1 aromatic heterocycles. The van der Waals surface area contributed by atoms with E-state index in [4.69, 9.17) is 4.74 Å². The molecule has 2 aliphatic rings. The minimum absolute atomic E-state index is 0.00321. The van der Waals surface area contributed by atoms with Crippen LogP contribution >= 0.6 is 0 Å². The number of aromatic nitrogens is 2. The molecule has 3 N–H and O–H groups in total. The van der Waals surface area contributed by atoms with Gasteiger partial charge in [-0.15, -0.1) is 0 Å². The zero-order valence-corrected chi connectivity index (χ0v) is 19.3. The maximum atomic E-state index is 13.3. The van der Waals surface area contributed by atoms with Crippen LogP contribution in [0, 0.1) is 5.92 Å². The summed E-state index contributed by atoms with van der Waals surface area (Å²) >= 11 is 0. The highest BCUT2D eigenvalue weighted by Gasteiger charge is 2.34. The average molecular weight is 463 g/mol. The van der Waals surface area contributed by atoms with Crippen LogP contribution in [0.2, 0.25) is 0 Å². The van der Waals surface area contributed by atoms with E-state index < -0.39 is 0 Å². The molecule has 2 aromatic carbocycles. The first-order valence-corrected chi connectivity index (χ1v) is 11.9. The second-order valence-electron chi connectivity index (χ2n) is 9.21. The Kier molecular flexibility index (Phi) is 6.34. The van der Waals surface area contributed by atoms with Gasteiger partial charge in [-0.1, -0.05) is 30.3 Å². The second kappa shape index (κ2) is 9.56. The zero-order valence-electron chi connectivity index (χ0n) is 19.3. The van der Waals surface area contributed by atoms with E-state index in [0.29, 0.717) is 42.1 Å². The average Bonchev–Trinajstić information content (AvgIpc) is 3.31. The number of fused-ring (bicyclic) bond motifs is 2. The number of carbonyl (C=O) groups is 2. The molecule has 8 nitrogen and oxygen atoms in total. The number of aromatic amines is 1. The molecule has 2 heterocycles. The van der Waals surface area contributed by atoms with Gasteiger partial charge in [0.25, 0.3) is 5.91 Å². The molecule has 3 aromatic rings. The fourth-order valence-corrected chi connectivity index (χ4v) is 5.06. The predicted octanol–water partition coefficient (Wildman–Crippen LogP) is 2.21. The van der Waals surface area contributed by atoms with Crippen LogP contribution in [0.25, 0.3) is 11.0 Å². The molecule has 2 amide bonds. The Bertz CT molecular complexity index is 1210. The van der Waals surface area contributed by atoms with Gasteiger partial charge in [0.05, 0.1) is 29.8 Å². The summed E-state index contributed by atoms with van der Waals surface area (Å²) in [6.07, 6.45) is 2.30. The lowest BCUT2D eigenvalue weighted by molar-refractivity contribution is -0.144. The Balaban J connectivity index is 1.23. The summed E-state index contributed by atoms with van der Waals surface area (Å²) in [5, 5.41) is 12.4. The number of para-hydroxylation sites is 1. The third kappa shape index (κ3) is 4.43. The van der Waals surface area contributed by atoms with E-state index in [1.807, 2.05) is 24.0 Å². The first kappa shape index (κ1) is 22.6. The number of amides is 2. The minimum Gasteiger partial charge on any atom is -0.388 e. The Morgan fingerprint density at radius 1 is 1.24 bits per heavy atom. The number of H-pyrrole nitrogens is 1. The predicted molar refractivity (Wildman–Crippen MR) is 127 cm³/mol. The lowest BCUT2D eigenvalue weighted by atomic mass is 9.83. The highest BCUT2D eigenvalue weighted by Crippen LogP contribution is 2.27. The number of carbonyl (C=O) groups excluding carboxylic acids is 2. The standard InChI is InChI=1S/C26H30N4O4/c1-16(27-25(32)20-7-4-8-21-24(20)29-23(15-31)28-21)22-14-30(11-12-34-22)26(33)19-10-9-17-5-2-3-6-18(17)13-19/h2-8,16,19,22,31H,9-15H2,1H3,(H,27,32)(H,28,29). The van der Waals surface area contributed by atoms with Crippen LogP contribution < -0.4 is 5.32 Å². The van der Waals surface area contributed by atoms with E-state index in [1.54, 1.807) is 12.1 Å². The van der Waals surface area contributed by atoms with E-state index in [0.717, 1.165) is 19.3 Å². The summed E-state index contributed by atoms with van der Waals surface area (Å²) in [5.74, 6) is 0.333. The van der Waals surface area contributed by atoms with E-state index in [-0.39, 0.29) is 36.5 Å². The number of nitrogens with zero attached hydrogens (tertiary/aromatic N) is 2. The molecular formula is C26H30N4O4. The quantitative estimate of drug-likeness (QED) is 0.539. The van der Waals surface area contributed by atoms with Crippen LogP contribution in [0.4, 0.5) is 0 Å². The summed E-state index contributed by atoms with van der Waals surface area (Å²) in [7, 11) is 0. The lowest BCUT2D eigenvalue weighted by Gasteiger charge is -2.38. The van der Waals surface area contributed by atoms with Gasteiger partial charge in [-0.05, 0) is 49.4 Å². The Morgan fingerprint density at radius 3 is 2.88 bits per heavy atom. The van der Waals surface area contributed by atoms with Crippen LogP contribution in [0.15, 0.2) is 42.5 Å². The largest absolute Gasteiger partial charge is 0.388 e. The number of hydrogen-bond acceptors (Lipinski definition) is 5. The SMILES string of the molecule is CC(NC(=O)c1cccc2[nH]c(CO)nc12)C1CN(C(=O)C2CCc3ccccc3C2)CCO1. The normalized spacial score (nSPS) is 21.2. The first-order chi connectivity index (χ1) is 16.5. The number of nitrogens with one attached hydrogen (secondary N) is 2. The van der Waals surface area contributed by atoms with Gasteiger partial charge in [-0.2, -0.15) is 0 Å². The smallest absolute Gasteiger partial charge is 0.253 e. The Hall–Kier alpha value is -3.23. The number of imidazole rings is 1. The van der Waals surface area contributed by atoms with Crippen LogP contribution in [-0.2, 0) is 29.0 Å². The van der Waals surface area contributed by atoms with Gasteiger partial charge in [0.2, 0.25) is 5.91 Å². The molecule has 0 saturated carbocycles. The maximum Gasteiger partial charge on any atom is 0.253 e. The summed E-state index contributed by atoms with van der Waals surface area (Å²) < 4.78 is 5.95. The van der Waals surface area contributed by atoms with Gasteiger partial charge in [-0.25, -0.2) is 4.98 Å². The van der Waals surface area contributed by atoms with Crippen molar-refractivity contribution in [3.8, 4) is 0 Å². The van der Waals surface area contributed by atoms with Crippen LogP contribution in [-0.4, -0.2) is 63.6 Å². The van der Waals surface area contributed by atoms with E-state index >= 15 is 0 Å². The van der Waals surface area contributed by atoms with Crippen molar-refractivity contribution < 1.29 is 19.4 Å². The third-order valence-electron chi connectivity index (χ3n) is 6.97. The minimum atomic E-state index is -0.290. The first-order valence-electron chi connectivity index (χ1n) is 11.9. The molecule has 34 heavy (non-hydrogen) atoms. The van der Waals surface area contributed by atoms with Gasteiger partial charge < -0.3 is 25.0 Å². The zero-order chi connectivity index (χ0) is 23.7. The maximum absolute atomic E-state index is 13.3. The molecule has 178 valence electrons. The van der Waals surface area contributed by atoms with Gasteiger partial charge in [0.1, 0.15) is 17.9 Å². The summed E-state index contributed by atoms with van der Waals surface area (Å²) in [6.45, 7) is 3.16. The molecule has 0 bridgehead atoms. The van der Waals surface area contributed by atoms with Crippen LogP contribution in [0.5, 0.6) is 0 Å². The van der Waals surface area contributed by atoms with Gasteiger partial charge >= 0.3 is 0 Å². The van der Waals surface area contributed by atoms with Crippen molar-refractivity contribution in [3.63, 3.8) is 0 Å². The van der Waals surface area contributed by atoms with Gasteiger partial charge in [0, 0.05) is 19.0 Å². The monoisotopic (exact) mass is 462 g/mol. The molecule has 1 fully saturated rings. The van der Waals surface area contributed by atoms with Gasteiger partial charge in [0.15, 0.2) is 0 Å². The van der Waals surface area contributed by atoms with Crippen molar-refractivity contribution in [2.45, 2.75) is 44.9 Å². The highest BCUT2D eigenvalue weighted by molar-refractivity contribution is 6.05. The number of ether oxygens (including phenoxy) is 1. The van der Waals surface area contributed by atoms with Gasteiger partial charge in [-0.3, -0.25) is 9.59 Å². The van der Waals surface area contributed by atoms with E-state index in [1.165, 1.54) is 11.1 Å². The van der Waals surface area contributed by atoms with Crippen LogP contribution in [0.1, 0.15) is 40.7 Å². The number of rotatable bonds is 5. The Labute approximate surface area is 198 Å². The molecule has 0 radical (unpaired) electrons. The van der Waals surface area contributed by atoms with Crippen molar-refractivity contribution >= 4 is 22.8 Å². The summed E-state index contributed by atoms with van der Waals surface area (Å²) in [4.78, 5) is 35.6. The number of aliphatic hydroxyl groups excluding tert-OH is 1. The highest BCUT2D eigenvalue weighted by atomic mass is 16.5. The number of morpholine rings is 1. The number of aliphatic hydroxyl groups is 1. The van der Waals surface area contributed by atoms with Crippen molar-refractivity contribution in [3.05, 3.63) is 65.0 Å². The fourth-order valence-electron chi connectivity index (χ4n) is 5.06. The molecule has 8 heteroatoms. The molecule has 1 aliphatic carbocycles.